The van der Waals surface area contributed by atoms with Gasteiger partial charge in [0.2, 0.25) is 0 Å². The smallest absolute Gasteiger partial charge is 0.120 e. The van der Waals surface area contributed by atoms with E-state index in [4.69, 9.17) is 21.1 Å². The Morgan fingerprint density at radius 2 is 2.10 bits per heavy atom. The SMILES string of the molecule is CC(C)CCOCCNCC(O)COc1cccc(Cl)c1. The van der Waals surface area contributed by atoms with E-state index in [-0.39, 0.29) is 6.61 Å². The third-order valence-corrected chi connectivity index (χ3v) is 3.12. The summed E-state index contributed by atoms with van der Waals surface area (Å²) >= 11 is 5.85. The molecule has 1 unspecified atom stereocenters. The predicted octanol–water partition coefficient (Wildman–Crippen LogP) is 2.73. The minimum Gasteiger partial charge on any atom is -0.491 e. The quantitative estimate of drug-likeness (QED) is 0.617. The van der Waals surface area contributed by atoms with E-state index < -0.39 is 6.10 Å². The highest BCUT2D eigenvalue weighted by Gasteiger charge is 2.05. The predicted molar refractivity (Wildman–Crippen MR) is 86.1 cm³/mol. The molecule has 120 valence electrons. The molecular formula is C16H26ClNO3. The first-order chi connectivity index (χ1) is 10.1. The van der Waals surface area contributed by atoms with Gasteiger partial charge in [0.05, 0.1) is 6.61 Å². The van der Waals surface area contributed by atoms with Crippen LogP contribution in [-0.2, 0) is 4.74 Å². The Morgan fingerprint density at radius 3 is 2.81 bits per heavy atom. The Balaban J connectivity index is 2.00. The van der Waals surface area contributed by atoms with E-state index in [1.54, 1.807) is 12.1 Å². The van der Waals surface area contributed by atoms with Crippen molar-refractivity contribution in [2.24, 2.45) is 5.92 Å². The van der Waals surface area contributed by atoms with Crippen LogP contribution in [0.5, 0.6) is 5.75 Å². The first-order valence-electron chi connectivity index (χ1n) is 7.43. The zero-order valence-electron chi connectivity index (χ0n) is 12.8. The van der Waals surface area contributed by atoms with Crippen molar-refractivity contribution < 1.29 is 14.6 Å². The highest BCUT2D eigenvalue weighted by Crippen LogP contribution is 2.17. The number of aliphatic hydroxyl groups excluding tert-OH is 1. The minimum absolute atomic E-state index is 0.238. The number of ether oxygens (including phenoxy) is 2. The number of nitrogens with one attached hydrogen (secondary N) is 1. The molecule has 2 N–H and O–H groups in total. The standard InChI is InChI=1S/C16H26ClNO3/c1-13(2)6-8-20-9-7-18-11-15(19)12-21-16-5-3-4-14(17)10-16/h3-5,10,13,15,18-19H,6-9,11-12H2,1-2H3. The Morgan fingerprint density at radius 1 is 1.29 bits per heavy atom. The largest absolute Gasteiger partial charge is 0.491 e. The monoisotopic (exact) mass is 315 g/mol. The van der Waals surface area contributed by atoms with E-state index in [0.717, 1.165) is 19.6 Å². The molecule has 21 heavy (non-hydrogen) atoms. The second kappa shape index (κ2) is 10.9. The lowest BCUT2D eigenvalue weighted by atomic mass is 10.1. The minimum atomic E-state index is -0.556. The van der Waals surface area contributed by atoms with Gasteiger partial charge in [0, 0.05) is 24.7 Å². The molecule has 0 heterocycles. The number of halogens is 1. The Kier molecular flexibility index (Phi) is 9.42. The maximum atomic E-state index is 9.79. The fourth-order valence-corrected chi connectivity index (χ4v) is 1.82. The molecule has 0 saturated carbocycles. The summed E-state index contributed by atoms with van der Waals surface area (Å²) in [5, 5.41) is 13.6. The first kappa shape index (κ1) is 18.2. The first-order valence-corrected chi connectivity index (χ1v) is 7.80. The van der Waals surface area contributed by atoms with Gasteiger partial charge < -0.3 is 19.9 Å². The van der Waals surface area contributed by atoms with Gasteiger partial charge in [0.15, 0.2) is 0 Å². The summed E-state index contributed by atoms with van der Waals surface area (Å²) in [5.41, 5.74) is 0. The summed E-state index contributed by atoms with van der Waals surface area (Å²) in [6, 6.07) is 7.14. The van der Waals surface area contributed by atoms with Gasteiger partial charge in [-0.15, -0.1) is 0 Å². The molecule has 1 aromatic rings. The Bertz CT molecular complexity index is 388. The van der Waals surface area contributed by atoms with Gasteiger partial charge in [-0.1, -0.05) is 31.5 Å². The van der Waals surface area contributed by atoms with Crippen LogP contribution in [0.4, 0.5) is 0 Å². The fraction of sp³-hybridized carbons (Fsp3) is 0.625. The molecule has 0 saturated heterocycles. The van der Waals surface area contributed by atoms with E-state index in [1.807, 2.05) is 12.1 Å². The molecule has 0 fully saturated rings. The van der Waals surface area contributed by atoms with Crippen molar-refractivity contribution in [3.63, 3.8) is 0 Å². The molecule has 5 heteroatoms. The molecule has 0 radical (unpaired) electrons. The van der Waals surface area contributed by atoms with Crippen LogP contribution in [0, 0.1) is 5.92 Å². The van der Waals surface area contributed by atoms with Crippen molar-refractivity contribution >= 4 is 11.6 Å². The summed E-state index contributed by atoms with van der Waals surface area (Å²) in [4.78, 5) is 0. The van der Waals surface area contributed by atoms with Crippen LogP contribution in [0.25, 0.3) is 0 Å². The molecule has 1 aromatic carbocycles. The average Bonchev–Trinajstić information content (AvgIpc) is 2.44. The molecule has 0 spiro atoms. The molecule has 0 amide bonds. The molecule has 1 atom stereocenters. The zero-order chi connectivity index (χ0) is 15.5. The lowest BCUT2D eigenvalue weighted by Crippen LogP contribution is -2.33. The van der Waals surface area contributed by atoms with Crippen LogP contribution >= 0.6 is 11.6 Å². The molecule has 0 aliphatic heterocycles. The van der Waals surface area contributed by atoms with Gasteiger partial charge in [-0.3, -0.25) is 0 Å². The second-order valence-electron chi connectivity index (χ2n) is 5.42. The summed E-state index contributed by atoms with van der Waals surface area (Å²) in [7, 11) is 0. The van der Waals surface area contributed by atoms with Gasteiger partial charge in [0.25, 0.3) is 0 Å². The van der Waals surface area contributed by atoms with Crippen molar-refractivity contribution in [1.29, 1.82) is 0 Å². The molecular weight excluding hydrogens is 290 g/mol. The van der Waals surface area contributed by atoms with Crippen LogP contribution in [0.2, 0.25) is 5.02 Å². The van der Waals surface area contributed by atoms with Crippen LogP contribution in [-0.4, -0.2) is 44.1 Å². The van der Waals surface area contributed by atoms with Gasteiger partial charge >= 0.3 is 0 Å². The number of hydrogen-bond donors (Lipinski definition) is 2. The maximum Gasteiger partial charge on any atom is 0.120 e. The van der Waals surface area contributed by atoms with E-state index in [0.29, 0.717) is 29.8 Å². The van der Waals surface area contributed by atoms with Crippen molar-refractivity contribution in [2.45, 2.75) is 26.4 Å². The van der Waals surface area contributed by atoms with Crippen molar-refractivity contribution in [2.75, 3.05) is 32.9 Å². The van der Waals surface area contributed by atoms with Gasteiger partial charge in [-0.05, 0) is 30.5 Å². The lowest BCUT2D eigenvalue weighted by molar-refractivity contribution is 0.0967. The van der Waals surface area contributed by atoms with Crippen LogP contribution < -0.4 is 10.1 Å². The summed E-state index contributed by atoms with van der Waals surface area (Å²) in [6.45, 7) is 7.26. The van der Waals surface area contributed by atoms with Gasteiger partial charge in [-0.25, -0.2) is 0 Å². The highest BCUT2D eigenvalue weighted by molar-refractivity contribution is 6.30. The van der Waals surface area contributed by atoms with Crippen molar-refractivity contribution in [3.05, 3.63) is 29.3 Å². The maximum absolute atomic E-state index is 9.79. The number of hydrogen-bond acceptors (Lipinski definition) is 4. The molecule has 0 aliphatic rings. The summed E-state index contributed by atoms with van der Waals surface area (Å²) in [6.07, 6.45) is 0.524. The molecule has 0 aromatic heterocycles. The van der Waals surface area contributed by atoms with Crippen LogP contribution in [0.3, 0.4) is 0 Å². The van der Waals surface area contributed by atoms with Crippen molar-refractivity contribution in [3.8, 4) is 5.75 Å². The lowest BCUT2D eigenvalue weighted by Gasteiger charge is -2.13. The molecule has 1 rings (SSSR count). The normalized spacial score (nSPS) is 12.6. The highest BCUT2D eigenvalue weighted by atomic mass is 35.5. The van der Waals surface area contributed by atoms with E-state index in [2.05, 4.69) is 19.2 Å². The molecule has 0 bridgehead atoms. The number of rotatable bonds is 11. The van der Waals surface area contributed by atoms with E-state index in [9.17, 15) is 5.11 Å². The van der Waals surface area contributed by atoms with Crippen LogP contribution in [0.15, 0.2) is 24.3 Å². The van der Waals surface area contributed by atoms with Gasteiger partial charge in [0.1, 0.15) is 18.5 Å². The van der Waals surface area contributed by atoms with E-state index >= 15 is 0 Å². The molecule has 4 nitrogen and oxygen atoms in total. The number of benzene rings is 1. The Labute approximate surface area is 132 Å². The summed E-state index contributed by atoms with van der Waals surface area (Å²) < 4.78 is 10.9. The zero-order valence-corrected chi connectivity index (χ0v) is 13.6. The van der Waals surface area contributed by atoms with Crippen LogP contribution in [0.1, 0.15) is 20.3 Å². The summed E-state index contributed by atoms with van der Waals surface area (Å²) in [5.74, 6) is 1.34. The third kappa shape index (κ3) is 9.69. The number of aliphatic hydroxyl groups is 1. The second-order valence-corrected chi connectivity index (χ2v) is 5.86. The average molecular weight is 316 g/mol. The van der Waals surface area contributed by atoms with Gasteiger partial charge in [-0.2, -0.15) is 0 Å². The fourth-order valence-electron chi connectivity index (χ4n) is 1.64. The van der Waals surface area contributed by atoms with Crippen molar-refractivity contribution in [1.82, 2.24) is 5.32 Å². The van der Waals surface area contributed by atoms with E-state index in [1.165, 1.54) is 0 Å². The molecule has 0 aliphatic carbocycles. The third-order valence-electron chi connectivity index (χ3n) is 2.88. The topological polar surface area (TPSA) is 50.7 Å². The Hall–Kier alpha value is -0.810.